The first kappa shape index (κ1) is 13.6. The third kappa shape index (κ3) is 3.59. The van der Waals surface area contributed by atoms with Gasteiger partial charge in [0.15, 0.2) is 11.6 Å². The molecule has 0 radical (unpaired) electrons. The van der Waals surface area contributed by atoms with E-state index < -0.39 is 5.82 Å². The maximum Gasteiger partial charge on any atom is 0.183 e. The molecule has 0 bridgehead atoms. The second-order valence-corrected chi connectivity index (χ2v) is 5.28. The number of hydrogen-bond acceptors (Lipinski definition) is 2. The van der Waals surface area contributed by atoms with E-state index in [0.717, 1.165) is 6.54 Å². The molecule has 1 aromatic carbocycles. The number of nitrogens with one attached hydrogen (secondary N) is 1. The summed E-state index contributed by atoms with van der Waals surface area (Å²) in [6, 6.07) is 5.41. The molecule has 100 valence electrons. The molecule has 0 heterocycles. The lowest BCUT2D eigenvalue weighted by molar-refractivity contribution is 0.202. The van der Waals surface area contributed by atoms with Crippen LogP contribution in [0.1, 0.15) is 32.6 Å². The fourth-order valence-electron chi connectivity index (χ4n) is 2.30. The molecule has 1 saturated carbocycles. The Hall–Kier alpha value is -0.800. The molecule has 18 heavy (non-hydrogen) atoms. The summed E-state index contributed by atoms with van der Waals surface area (Å²) in [5.74, 6) is -0.255. The summed E-state index contributed by atoms with van der Waals surface area (Å²) >= 11 is 5.71. The van der Waals surface area contributed by atoms with E-state index in [1.54, 1.807) is 12.1 Å². The molecule has 1 fully saturated rings. The largest absolute Gasteiger partial charge is 0.486 e. The van der Waals surface area contributed by atoms with Crippen molar-refractivity contribution < 1.29 is 9.13 Å². The predicted molar refractivity (Wildman–Crippen MR) is 71.8 cm³/mol. The van der Waals surface area contributed by atoms with E-state index in [2.05, 4.69) is 5.32 Å². The molecule has 1 aliphatic carbocycles. The summed E-state index contributed by atoms with van der Waals surface area (Å²) in [7, 11) is 0. The monoisotopic (exact) mass is 271 g/mol. The van der Waals surface area contributed by atoms with Crippen LogP contribution in [0, 0.1) is 5.82 Å². The van der Waals surface area contributed by atoms with E-state index in [9.17, 15) is 4.39 Å². The lowest BCUT2D eigenvalue weighted by atomic mass is 10.2. The number of benzene rings is 1. The van der Waals surface area contributed by atoms with Gasteiger partial charge in [0.05, 0.1) is 5.02 Å². The Morgan fingerprint density at radius 2 is 2.17 bits per heavy atom. The van der Waals surface area contributed by atoms with Crippen molar-refractivity contribution in [2.75, 3.05) is 6.54 Å². The zero-order valence-electron chi connectivity index (χ0n) is 10.6. The topological polar surface area (TPSA) is 21.3 Å². The normalized spacial score (nSPS) is 17.9. The summed E-state index contributed by atoms with van der Waals surface area (Å²) in [5, 5.41) is 3.56. The molecule has 1 unspecified atom stereocenters. The Bertz CT molecular complexity index is 393. The minimum Gasteiger partial charge on any atom is -0.486 e. The standard InChI is InChI=1S/C14H19ClFNO/c1-10(9-17-11-5-2-3-6-11)18-13-8-4-7-12(15)14(13)16/h4,7-8,10-11,17H,2-3,5-6,9H2,1H3. The van der Waals surface area contributed by atoms with E-state index in [1.165, 1.54) is 31.7 Å². The number of ether oxygens (including phenoxy) is 1. The first-order chi connectivity index (χ1) is 8.66. The Morgan fingerprint density at radius 3 is 2.89 bits per heavy atom. The second-order valence-electron chi connectivity index (χ2n) is 4.87. The van der Waals surface area contributed by atoms with Crippen molar-refractivity contribution in [2.45, 2.75) is 44.8 Å². The van der Waals surface area contributed by atoms with E-state index in [-0.39, 0.29) is 16.9 Å². The number of hydrogen-bond donors (Lipinski definition) is 1. The predicted octanol–water partition coefficient (Wildman–Crippen LogP) is 3.78. The van der Waals surface area contributed by atoms with Crippen LogP contribution in [-0.4, -0.2) is 18.7 Å². The molecule has 0 saturated heterocycles. The molecule has 2 rings (SSSR count). The van der Waals surface area contributed by atoms with Gasteiger partial charge in [-0.2, -0.15) is 0 Å². The van der Waals surface area contributed by atoms with Gasteiger partial charge in [-0.15, -0.1) is 0 Å². The van der Waals surface area contributed by atoms with Crippen LogP contribution in [0.5, 0.6) is 5.75 Å². The fraction of sp³-hybridized carbons (Fsp3) is 0.571. The molecule has 1 aromatic rings. The Balaban J connectivity index is 1.82. The molecule has 0 spiro atoms. The maximum atomic E-state index is 13.6. The maximum absolute atomic E-state index is 13.6. The molecular weight excluding hydrogens is 253 g/mol. The van der Waals surface area contributed by atoms with Gasteiger partial charge in [0, 0.05) is 12.6 Å². The van der Waals surface area contributed by atoms with Gasteiger partial charge in [-0.3, -0.25) is 0 Å². The van der Waals surface area contributed by atoms with Gasteiger partial charge in [0.1, 0.15) is 6.10 Å². The summed E-state index contributed by atoms with van der Waals surface area (Å²) < 4.78 is 19.2. The first-order valence-corrected chi connectivity index (χ1v) is 6.88. The summed E-state index contributed by atoms with van der Waals surface area (Å²) in [6.07, 6.45) is 5.00. The van der Waals surface area contributed by atoms with Gasteiger partial charge in [0.2, 0.25) is 0 Å². The molecule has 4 heteroatoms. The van der Waals surface area contributed by atoms with Gasteiger partial charge in [0.25, 0.3) is 0 Å². The van der Waals surface area contributed by atoms with Crippen LogP contribution < -0.4 is 10.1 Å². The van der Waals surface area contributed by atoms with Crippen molar-refractivity contribution in [3.8, 4) is 5.75 Å². The minimum atomic E-state index is -0.480. The van der Waals surface area contributed by atoms with E-state index in [4.69, 9.17) is 16.3 Å². The second kappa shape index (κ2) is 6.39. The van der Waals surface area contributed by atoms with Crippen molar-refractivity contribution in [3.05, 3.63) is 29.0 Å². The zero-order valence-corrected chi connectivity index (χ0v) is 11.3. The third-order valence-corrected chi connectivity index (χ3v) is 3.59. The molecule has 1 N–H and O–H groups in total. The van der Waals surface area contributed by atoms with Crippen LogP contribution in [0.15, 0.2) is 18.2 Å². The van der Waals surface area contributed by atoms with E-state index >= 15 is 0 Å². The Morgan fingerprint density at radius 1 is 1.44 bits per heavy atom. The van der Waals surface area contributed by atoms with Crippen LogP contribution in [-0.2, 0) is 0 Å². The average molecular weight is 272 g/mol. The molecule has 1 aliphatic rings. The van der Waals surface area contributed by atoms with Crippen LogP contribution >= 0.6 is 11.6 Å². The SMILES string of the molecule is CC(CNC1CCCC1)Oc1cccc(Cl)c1F. The van der Waals surface area contributed by atoms with E-state index in [1.807, 2.05) is 6.92 Å². The van der Waals surface area contributed by atoms with Gasteiger partial charge in [-0.05, 0) is 31.9 Å². The average Bonchev–Trinajstić information content (AvgIpc) is 2.86. The van der Waals surface area contributed by atoms with Crippen LogP contribution in [0.25, 0.3) is 0 Å². The molecule has 0 aromatic heterocycles. The molecule has 0 amide bonds. The quantitative estimate of drug-likeness (QED) is 0.880. The summed E-state index contributed by atoms with van der Waals surface area (Å²) in [6.45, 7) is 2.67. The van der Waals surface area contributed by atoms with Crippen molar-refractivity contribution in [2.24, 2.45) is 0 Å². The lowest BCUT2D eigenvalue weighted by Crippen LogP contribution is -2.35. The van der Waals surface area contributed by atoms with Gasteiger partial charge in [-0.25, -0.2) is 4.39 Å². The highest BCUT2D eigenvalue weighted by Gasteiger charge is 2.16. The third-order valence-electron chi connectivity index (χ3n) is 3.29. The van der Waals surface area contributed by atoms with Gasteiger partial charge >= 0.3 is 0 Å². The summed E-state index contributed by atoms with van der Waals surface area (Å²) in [4.78, 5) is 0. The molecule has 1 atom stereocenters. The van der Waals surface area contributed by atoms with Crippen LogP contribution in [0.3, 0.4) is 0 Å². The molecular formula is C14H19ClFNO. The number of rotatable bonds is 5. The van der Waals surface area contributed by atoms with Crippen molar-refractivity contribution in [3.63, 3.8) is 0 Å². The minimum absolute atomic E-state index is 0.0708. The van der Waals surface area contributed by atoms with Gasteiger partial charge < -0.3 is 10.1 Å². The van der Waals surface area contributed by atoms with Crippen LogP contribution in [0.2, 0.25) is 5.02 Å². The van der Waals surface area contributed by atoms with E-state index in [0.29, 0.717) is 6.04 Å². The highest BCUT2D eigenvalue weighted by molar-refractivity contribution is 6.30. The fourth-order valence-corrected chi connectivity index (χ4v) is 2.46. The zero-order chi connectivity index (χ0) is 13.0. The highest BCUT2D eigenvalue weighted by Crippen LogP contribution is 2.25. The van der Waals surface area contributed by atoms with Crippen molar-refractivity contribution in [1.29, 1.82) is 0 Å². The van der Waals surface area contributed by atoms with Gasteiger partial charge in [-0.1, -0.05) is 30.5 Å². The smallest absolute Gasteiger partial charge is 0.183 e. The first-order valence-electron chi connectivity index (χ1n) is 6.51. The Kier molecular flexibility index (Phi) is 4.84. The lowest BCUT2D eigenvalue weighted by Gasteiger charge is -2.19. The van der Waals surface area contributed by atoms with Crippen molar-refractivity contribution in [1.82, 2.24) is 5.32 Å². The highest BCUT2D eigenvalue weighted by atomic mass is 35.5. The van der Waals surface area contributed by atoms with Crippen molar-refractivity contribution >= 4 is 11.6 Å². The molecule has 0 aliphatic heterocycles. The molecule has 2 nitrogen and oxygen atoms in total. The Labute approximate surface area is 112 Å². The summed E-state index contributed by atoms with van der Waals surface area (Å²) in [5.41, 5.74) is 0. The van der Waals surface area contributed by atoms with Crippen LogP contribution in [0.4, 0.5) is 4.39 Å². The number of halogens is 2.